The topological polar surface area (TPSA) is 55.0 Å². The van der Waals surface area contributed by atoms with E-state index in [4.69, 9.17) is 4.74 Å². The second-order valence-corrected chi connectivity index (χ2v) is 6.48. The van der Waals surface area contributed by atoms with Crippen LogP contribution < -0.4 is 0 Å². The fourth-order valence-electron chi connectivity index (χ4n) is 3.57. The van der Waals surface area contributed by atoms with Crippen molar-refractivity contribution < 1.29 is 9.53 Å². The molecule has 25 heavy (non-hydrogen) atoms. The SMILES string of the molecule is Cc1ccc([C@@H]2C(C#N)=C(n3cccc3)OC3=C2C(=O)CCC3)cc1. The number of aryl methyl sites for hydroxylation is 1. The molecule has 1 aromatic carbocycles. The smallest absolute Gasteiger partial charge is 0.218 e. The molecule has 4 rings (SSSR count). The van der Waals surface area contributed by atoms with Crippen molar-refractivity contribution in [3.63, 3.8) is 0 Å². The highest BCUT2D eigenvalue weighted by molar-refractivity contribution is 6.00. The molecule has 4 heteroatoms. The number of ketones is 1. The molecular weight excluding hydrogens is 312 g/mol. The van der Waals surface area contributed by atoms with Gasteiger partial charge < -0.3 is 4.74 Å². The number of Topliss-reactive ketones (excluding diaryl/α,β-unsaturated/α-hetero) is 1. The minimum absolute atomic E-state index is 0.0890. The number of allylic oxidation sites excluding steroid dienone is 3. The summed E-state index contributed by atoms with van der Waals surface area (Å²) in [6.45, 7) is 2.02. The van der Waals surface area contributed by atoms with Gasteiger partial charge in [-0.05, 0) is 31.0 Å². The molecule has 2 aliphatic rings. The molecule has 0 fully saturated rings. The van der Waals surface area contributed by atoms with Crippen LogP contribution in [-0.2, 0) is 9.53 Å². The zero-order valence-electron chi connectivity index (χ0n) is 14.0. The van der Waals surface area contributed by atoms with Gasteiger partial charge in [0.25, 0.3) is 0 Å². The fourth-order valence-corrected chi connectivity index (χ4v) is 3.57. The summed E-state index contributed by atoms with van der Waals surface area (Å²) in [5, 5.41) is 9.89. The number of aromatic nitrogens is 1. The molecule has 0 amide bonds. The van der Waals surface area contributed by atoms with Gasteiger partial charge in [-0.25, -0.2) is 0 Å². The average molecular weight is 330 g/mol. The Hall–Kier alpha value is -3.06. The largest absolute Gasteiger partial charge is 0.443 e. The zero-order chi connectivity index (χ0) is 17.4. The molecule has 2 aromatic rings. The van der Waals surface area contributed by atoms with E-state index in [2.05, 4.69) is 6.07 Å². The lowest BCUT2D eigenvalue weighted by atomic mass is 9.77. The van der Waals surface area contributed by atoms with Crippen LogP contribution in [0.3, 0.4) is 0 Å². The predicted octanol–water partition coefficient (Wildman–Crippen LogP) is 4.31. The number of hydrogen-bond donors (Lipinski definition) is 0. The van der Waals surface area contributed by atoms with Crippen LogP contribution in [0.2, 0.25) is 0 Å². The van der Waals surface area contributed by atoms with E-state index >= 15 is 0 Å². The fraction of sp³-hybridized carbons (Fsp3) is 0.238. The lowest BCUT2D eigenvalue weighted by Gasteiger charge is -2.32. The zero-order valence-corrected chi connectivity index (χ0v) is 14.0. The van der Waals surface area contributed by atoms with Crippen LogP contribution in [0.4, 0.5) is 0 Å². The molecule has 1 aliphatic heterocycles. The number of benzene rings is 1. The van der Waals surface area contributed by atoms with Gasteiger partial charge in [-0.2, -0.15) is 5.26 Å². The summed E-state index contributed by atoms with van der Waals surface area (Å²) in [6, 6.07) is 14.1. The first kappa shape index (κ1) is 15.5. The van der Waals surface area contributed by atoms with Gasteiger partial charge in [0, 0.05) is 30.8 Å². The number of rotatable bonds is 2. The second-order valence-electron chi connectivity index (χ2n) is 6.48. The van der Waals surface area contributed by atoms with Crippen molar-refractivity contribution in [3.8, 4) is 6.07 Å². The third-order valence-electron chi connectivity index (χ3n) is 4.81. The molecule has 1 aromatic heterocycles. The highest BCUT2D eigenvalue weighted by atomic mass is 16.5. The molecule has 0 N–H and O–H groups in total. The lowest BCUT2D eigenvalue weighted by molar-refractivity contribution is -0.116. The first-order valence-electron chi connectivity index (χ1n) is 8.47. The van der Waals surface area contributed by atoms with Crippen molar-refractivity contribution in [1.82, 2.24) is 4.57 Å². The number of carbonyl (C=O) groups is 1. The van der Waals surface area contributed by atoms with Crippen molar-refractivity contribution in [2.45, 2.75) is 32.1 Å². The van der Waals surface area contributed by atoms with Crippen LogP contribution in [-0.4, -0.2) is 10.4 Å². The third kappa shape index (κ3) is 2.58. The van der Waals surface area contributed by atoms with Crippen LogP contribution in [0.25, 0.3) is 5.88 Å². The lowest BCUT2D eigenvalue weighted by Crippen LogP contribution is -2.26. The third-order valence-corrected chi connectivity index (χ3v) is 4.81. The van der Waals surface area contributed by atoms with Crippen LogP contribution in [0.1, 0.15) is 36.3 Å². The Kier molecular flexibility index (Phi) is 3.77. The number of nitrogens with zero attached hydrogens (tertiary/aromatic N) is 2. The Bertz CT molecular complexity index is 925. The van der Waals surface area contributed by atoms with Gasteiger partial charge in [0.2, 0.25) is 5.88 Å². The highest BCUT2D eigenvalue weighted by Gasteiger charge is 2.38. The first-order valence-corrected chi connectivity index (χ1v) is 8.47. The summed E-state index contributed by atoms with van der Waals surface area (Å²) in [4.78, 5) is 12.7. The summed E-state index contributed by atoms with van der Waals surface area (Å²) in [5.41, 5.74) is 3.24. The van der Waals surface area contributed by atoms with Crippen molar-refractivity contribution >= 4 is 11.7 Å². The van der Waals surface area contributed by atoms with E-state index in [1.54, 1.807) is 0 Å². The Morgan fingerprint density at radius 3 is 2.56 bits per heavy atom. The van der Waals surface area contributed by atoms with Gasteiger partial charge in [0.15, 0.2) is 5.78 Å². The van der Waals surface area contributed by atoms with Gasteiger partial charge in [0.05, 0.1) is 5.92 Å². The molecule has 0 saturated heterocycles. The van der Waals surface area contributed by atoms with Crippen LogP contribution in [0.5, 0.6) is 0 Å². The van der Waals surface area contributed by atoms with Crippen LogP contribution in [0, 0.1) is 18.3 Å². The molecule has 4 nitrogen and oxygen atoms in total. The van der Waals surface area contributed by atoms with Crippen LogP contribution in [0.15, 0.2) is 65.7 Å². The minimum Gasteiger partial charge on any atom is -0.443 e. The summed E-state index contributed by atoms with van der Waals surface area (Å²) < 4.78 is 7.87. The summed E-state index contributed by atoms with van der Waals surface area (Å²) in [5.74, 6) is 0.946. The molecule has 124 valence electrons. The number of nitriles is 1. The maximum atomic E-state index is 12.7. The predicted molar refractivity (Wildman–Crippen MR) is 94.2 cm³/mol. The second kappa shape index (κ2) is 6.10. The quantitative estimate of drug-likeness (QED) is 0.824. The maximum absolute atomic E-state index is 12.7. The van der Waals surface area contributed by atoms with Crippen molar-refractivity contribution in [2.75, 3.05) is 0 Å². The maximum Gasteiger partial charge on any atom is 0.218 e. The van der Waals surface area contributed by atoms with Gasteiger partial charge in [-0.1, -0.05) is 29.8 Å². The van der Waals surface area contributed by atoms with Gasteiger partial charge in [-0.3, -0.25) is 9.36 Å². The number of hydrogen-bond acceptors (Lipinski definition) is 3. The standard InChI is InChI=1S/C21H18N2O2/c1-14-7-9-15(10-8-14)19-16(13-22)21(23-11-2-3-12-23)25-18-6-4-5-17(24)20(18)19/h2-3,7-12,19H,4-6H2,1H3/t19-/m1/s1. The van der Waals surface area contributed by atoms with Crippen molar-refractivity contribution in [3.05, 3.63) is 76.8 Å². The van der Waals surface area contributed by atoms with Gasteiger partial charge >= 0.3 is 0 Å². The Morgan fingerprint density at radius 1 is 1.16 bits per heavy atom. The molecule has 1 aliphatic carbocycles. The average Bonchev–Trinajstić information content (AvgIpc) is 3.15. The van der Waals surface area contributed by atoms with Gasteiger partial charge in [0.1, 0.15) is 17.4 Å². The normalized spacial score (nSPS) is 20.2. The van der Waals surface area contributed by atoms with Crippen molar-refractivity contribution in [2.24, 2.45) is 0 Å². The molecule has 0 spiro atoms. The highest BCUT2D eigenvalue weighted by Crippen LogP contribution is 2.45. The molecular formula is C21H18N2O2. The van der Waals surface area contributed by atoms with Crippen LogP contribution >= 0.6 is 0 Å². The summed E-state index contributed by atoms with van der Waals surface area (Å²) in [6.07, 6.45) is 5.75. The summed E-state index contributed by atoms with van der Waals surface area (Å²) >= 11 is 0. The van der Waals surface area contributed by atoms with E-state index in [9.17, 15) is 10.1 Å². The number of carbonyl (C=O) groups excluding carboxylic acids is 1. The monoisotopic (exact) mass is 330 g/mol. The van der Waals surface area contributed by atoms with E-state index in [0.29, 0.717) is 29.2 Å². The van der Waals surface area contributed by atoms with E-state index in [1.165, 1.54) is 0 Å². The molecule has 1 atom stereocenters. The Morgan fingerprint density at radius 2 is 1.88 bits per heavy atom. The molecule has 2 heterocycles. The molecule has 0 saturated carbocycles. The Balaban J connectivity index is 1.94. The van der Waals surface area contributed by atoms with E-state index in [-0.39, 0.29) is 11.7 Å². The number of ether oxygens (including phenoxy) is 1. The Labute approximate surface area is 146 Å². The summed E-state index contributed by atoms with van der Waals surface area (Å²) in [7, 11) is 0. The van der Waals surface area contributed by atoms with E-state index in [1.807, 2.05) is 60.3 Å². The molecule has 0 bridgehead atoms. The van der Waals surface area contributed by atoms with E-state index < -0.39 is 0 Å². The van der Waals surface area contributed by atoms with E-state index in [0.717, 1.165) is 24.0 Å². The molecule has 0 radical (unpaired) electrons. The van der Waals surface area contributed by atoms with Crippen molar-refractivity contribution in [1.29, 1.82) is 5.26 Å². The molecule has 0 unspecified atom stereocenters. The van der Waals surface area contributed by atoms with Gasteiger partial charge in [-0.15, -0.1) is 0 Å². The minimum atomic E-state index is -0.362. The first-order chi connectivity index (χ1) is 12.2.